The molecule has 0 atom stereocenters. The number of aryl methyl sites for hydroxylation is 1. The summed E-state index contributed by atoms with van der Waals surface area (Å²) in [5.41, 5.74) is -0.0208. The van der Waals surface area contributed by atoms with Crippen LogP contribution in [0.2, 0.25) is 0 Å². The summed E-state index contributed by atoms with van der Waals surface area (Å²) in [6.45, 7) is 1.71. The van der Waals surface area contributed by atoms with Crippen LogP contribution in [0.4, 0.5) is 10.8 Å². The minimum atomic E-state index is -3.99. The molecule has 20 heavy (non-hydrogen) atoms. The van der Waals surface area contributed by atoms with Crippen molar-refractivity contribution < 1.29 is 18.4 Å². The molecule has 2 rings (SSSR count). The SMILES string of the molecule is Cc1csc(NS(=O)(=O)c2ccc(O)c([N+](=O)[O-])c2)n1. The minimum absolute atomic E-state index is 0.165. The van der Waals surface area contributed by atoms with E-state index >= 15 is 0 Å². The summed E-state index contributed by atoms with van der Waals surface area (Å²) in [5.74, 6) is -0.598. The number of aromatic hydroxyl groups is 1. The number of hydrogen-bond acceptors (Lipinski definition) is 7. The van der Waals surface area contributed by atoms with E-state index in [-0.39, 0.29) is 10.0 Å². The number of phenolic OH excluding ortho intramolecular Hbond substituents is 1. The van der Waals surface area contributed by atoms with Gasteiger partial charge in [0.15, 0.2) is 10.9 Å². The van der Waals surface area contributed by atoms with E-state index in [0.29, 0.717) is 5.69 Å². The summed E-state index contributed by atoms with van der Waals surface area (Å²) in [6.07, 6.45) is 0. The number of thiazole rings is 1. The normalized spacial score (nSPS) is 11.2. The van der Waals surface area contributed by atoms with Gasteiger partial charge in [0.25, 0.3) is 10.0 Å². The van der Waals surface area contributed by atoms with E-state index in [1.54, 1.807) is 12.3 Å². The second kappa shape index (κ2) is 5.06. The molecule has 0 aliphatic rings. The molecular formula is C10H9N3O5S2. The number of nitro benzene ring substituents is 1. The average molecular weight is 315 g/mol. The molecule has 0 aliphatic heterocycles. The van der Waals surface area contributed by atoms with Crippen molar-refractivity contribution in [3.63, 3.8) is 0 Å². The van der Waals surface area contributed by atoms with E-state index in [1.807, 2.05) is 0 Å². The lowest BCUT2D eigenvalue weighted by Gasteiger charge is -2.05. The number of nitro groups is 1. The number of benzene rings is 1. The fourth-order valence-corrected chi connectivity index (χ4v) is 3.35. The van der Waals surface area contributed by atoms with Crippen molar-refractivity contribution in [3.8, 4) is 5.75 Å². The Hall–Kier alpha value is -2.20. The van der Waals surface area contributed by atoms with Crippen molar-refractivity contribution >= 4 is 32.2 Å². The van der Waals surface area contributed by atoms with Crippen molar-refractivity contribution in [2.24, 2.45) is 0 Å². The van der Waals surface area contributed by atoms with Gasteiger partial charge >= 0.3 is 5.69 Å². The molecule has 106 valence electrons. The zero-order valence-electron chi connectivity index (χ0n) is 10.1. The molecule has 10 heteroatoms. The van der Waals surface area contributed by atoms with Gasteiger partial charge in [0.05, 0.1) is 15.5 Å². The molecule has 2 N–H and O–H groups in total. The van der Waals surface area contributed by atoms with E-state index in [0.717, 1.165) is 29.5 Å². The van der Waals surface area contributed by atoms with E-state index in [2.05, 4.69) is 9.71 Å². The maximum atomic E-state index is 12.0. The van der Waals surface area contributed by atoms with Crippen LogP contribution in [-0.2, 0) is 10.0 Å². The number of phenols is 1. The number of rotatable bonds is 4. The third-order valence-corrected chi connectivity index (χ3v) is 4.64. The minimum Gasteiger partial charge on any atom is -0.502 e. The summed E-state index contributed by atoms with van der Waals surface area (Å²) in [4.78, 5) is 13.4. The molecule has 0 amide bonds. The van der Waals surface area contributed by atoms with Gasteiger partial charge in [0.2, 0.25) is 0 Å². The molecule has 1 heterocycles. The number of nitrogens with one attached hydrogen (secondary N) is 1. The molecule has 0 spiro atoms. The van der Waals surface area contributed by atoms with Crippen LogP contribution in [0.1, 0.15) is 5.69 Å². The van der Waals surface area contributed by atoms with Crippen LogP contribution in [-0.4, -0.2) is 23.4 Å². The lowest BCUT2D eigenvalue weighted by atomic mass is 10.3. The predicted molar refractivity (Wildman–Crippen MR) is 72.4 cm³/mol. The fourth-order valence-electron chi connectivity index (χ4n) is 1.39. The molecule has 0 aliphatic carbocycles. The van der Waals surface area contributed by atoms with Crippen molar-refractivity contribution in [2.75, 3.05) is 4.72 Å². The van der Waals surface area contributed by atoms with E-state index in [1.165, 1.54) is 0 Å². The highest BCUT2D eigenvalue weighted by Gasteiger charge is 2.22. The van der Waals surface area contributed by atoms with Gasteiger partial charge in [-0.2, -0.15) is 0 Å². The third-order valence-electron chi connectivity index (χ3n) is 2.29. The standard InChI is InChI=1S/C10H9N3O5S2/c1-6-5-19-10(11-6)12-20(17,18)7-2-3-9(14)8(4-7)13(15)16/h2-5,14H,1H3,(H,11,12). The summed E-state index contributed by atoms with van der Waals surface area (Å²) in [6, 6.07) is 2.82. The Morgan fingerprint density at radius 2 is 2.15 bits per heavy atom. The van der Waals surface area contributed by atoms with Crippen LogP contribution in [0.25, 0.3) is 0 Å². The lowest BCUT2D eigenvalue weighted by molar-refractivity contribution is -0.386. The Morgan fingerprint density at radius 1 is 1.45 bits per heavy atom. The van der Waals surface area contributed by atoms with Crippen molar-refractivity contribution in [1.29, 1.82) is 0 Å². The summed E-state index contributed by atoms with van der Waals surface area (Å²) in [5, 5.41) is 21.8. The summed E-state index contributed by atoms with van der Waals surface area (Å²) < 4.78 is 26.3. The van der Waals surface area contributed by atoms with Crippen LogP contribution in [0.15, 0.2) is 28.5 Å². The van der Waals surface area contributed by atoms with Crippen LogP contribution >= 0.6 is 11.3 Å². The zero-order valence-corrected chi connectivity index (χ0v) is 11.7. The Morgan fingerprint density at radius 3 is 2.70 bits per heavy atom. The first-order chi connectivity index (χ1) is 9.29. The van der Waals surface area contributed by atoms with Gasteiger partial charge < -0.3 is 5.11 Å². The summed E-state index contributed by atoms with van der Waals surface area (Å²) >= 11 is 1.10. The van der Waals surface area contributed by atoms with Crippen molar-refractivity contribution in [3.05, 3.63) is 39.4 Å². The van der Waals surface area contributed by atoms with E-state index in [9.17, 15) is 23.6 Å². The highest BCUT2D eigenvalue weighted by atomic mass is 32.2. The molecule has 0 radical (unpaired) electrons. The lowest BCUT2D eigenvalue weighted by Crippen LogP contribution is -2.13. The molecular weight excluding hydrogens is 306 g/mol. The Bertz CT molecular complexity index is 769. The molecule has 0 saturated heterocycles. The van der Waals surface area contributed by atoms with Gasteiger partial charge in [0.1, 0.15) is 0 Å². The smallest absolute Gasteiger partial charge is 0.312 e. The van der Waals surface area contributed by atoms with Gasteiger partial charge in [-0.1, -0.05) is 0 Å². The first-order valence-corrected chi connectivity index (χ1v) is 7.58. The number of anilines is 1. The second-order valence-electron chi connectivity index (χ2n) is 3.81. The first kappa shape index (κ1) is 14.2. The maximum Gasteiger partial charge on any atom is 0.312 e. The third kappa shape index (κ3) is 2.86. The molecule has 2 aromatic rings. The van der Waals surface area contributed by atoms with Gasteiger partial charge in [-0.3, -0.25) is 14.8 Å². The fraction of sp³-hybridized carbons (Fsp3) is 0.100. The highest BCUT2D eigenvalue weighted by molar-refractivity contribution is 7.93. The first-order valence-electron chi connectivity index (χ1n) is 5.22. The Kier molecular flexibility index (Phi) is 3.59. The topological polar surface area (TPSA) is 122 Å². The van der Waals surface area contributed by atoms with E-state index in [4.69, 9.17) is 0 Å². The zero-order chi connectivity index (χ0) is 14.9. The number of aromatic nitrogens is 1. The Labute approximate surface area is 117 Å². The quantitative estimate of drug-likeness (QED) is 0.656. The average Bonchev–Trinajstić information content (AvgIpc) is 2.73. The van der Waals surface area contributed by atoms with Gasteiger partial charge in [-0.05, 0) is 19.1 Å². The largest absolute Gasteiger partial charge is 0.502 e. The molecule has 1 aromatic heterocycles. The van der Waals surface area contributed by atoms with Gasteiger partial charge in [0, 0.05) is 11.4 Å². The van der Waals surface area contributed by atoms with Crippen LogP contribution in [0.5, 0.6) is 5.75 Å². The van der Waals surface area contributed by atoms with E-state index < -0.39 is 26.4 Å². The van der Waals surface area contributed by atoms with Crippen LogP contribution in [0.3, 0.4) is 0 Å². The summed E-state index contributed by atoms with van der Waals surface area (Å²) in [7, 11) is -3.99. The molecule has 1 aromatic carbocycles. The molecule has 0 bridgehead atoms. The second-order valence-corrected chi connectivity index (χ2v) is 6.35. The highest BCUT2D eigenvalue weighted by Crippen LogP contribution is 2.29. The molecule has 0 unspecified atom stereocenters. The van der Waals surface area contributed by atoms with Crippen LogP contribution < -0.4 is 4.72 Å². The molecule has 8 nitrogen and oxygen atoms in total. The molecule has 0 saturated carbocycles. The number of hydrogen-bond donors (Lipinski definition) is 2. The number of sulfonamides is 1. The Balaban J connectivity index is 2.39. The maximum absolute atomic E-state index is 12.0. The molecule has 0 fully saturated rings. The van der Waals surface area contributed by atoms with Gasteiger partial charge in [-0.25, -0.2) is 13.4 Å². The number of nitrogens with zero attached hydrogens (tertiary/aromatic N) is 2. The predicted octanol–water partition coefficient (Wildman–Crippen LogP) is 1.87. The van der Waals surface area contributed by atoms with Crippen molar-refractivity contribution in [2.45, 2.75) is 11.8 Å². The van der Waals surface area contributed by atoms with Gasteiger partial charge in [-0.15, -0.1) is 11.3 Å². The van der Waals surface area contributed by atoms with Crippen molar-refractivity contribution in [1.82, 2.24) is 4.98 Å². The van der Waals surface area contributed by atoms with Crippen LogP contribution in [0, 0.1) is 17.0 Å². The monoisotopic (exact) mass is 315 g/mol.